The number of aliphatic hydroxyl groups is 1. The highest BCUT2D eigenvalue weighted by Gasteiger charge is 2.54. The van der Waals surface area contributed by atoms with Crippen molar-refractivity contribution in [2.75, 3.05) is 0 Å². The van der Waals surface area contributed by atoms with Gasteiger partial charge in [0.15, 0.2) is 0 Å². The molecule has 1 aliphatic heterocycles. The van der Waals surface area contributed by atoms with Gasteiger partial charge < -0.3 is 14.9 Å². The summed E-state index contributed by atoms with van der Waals surface area (Å²) in [6, 6.07) is -0.221. The van der Waals surface area contributed by atoms with Crippen LogP contribution in [0.15, 0.2) is 0 Å². The predicted molar refractivity (Wildman–Crippen MR) is 87.1 cm³/mol. The van der Waals surface area contributed by atoms with Crippen molar-refractivity contribution in [3.8, 4) is 0 Å². The second-order valence-electron chi connectivity index (χ2n) is 8.17. The van der Waals surface area contributed by atoms with Crippen molar-refractivity contribution in [1.29, 1.82) is 0 Å². The molecule has 5 nitrogen and oxygen atoms in total. The zero-order valence-corrected chi connectivity index (χ0v) is 14.4. The fourth-order valence-electron chi connectivity index (χ4n) is 4.74. The Hall–Kier alpha value is -0.810. The summed E-state index contributed by atoms with van der Waals surface area (Å²) >= 11 is 0. The largest absolute Gasteiger partial charge is 0.465 e. The van der Waals surface area contributed by atoms with Crippen molar-refractivity contribution < 1.29 is 19.7 Å². The van der Waals surface area contributed by atoms with Crippen LogP contribution in [0.25, 0.3) is 0 Å². The lowest BCUT2D eigenvalue weighted by Crippen LogP contribution is -2.50. The average molecular weight is 325 g/mol. The Morgan fingerprint density at radius 1 is 1.17 bits per heavy atom. The summed E-state index contributed by atoms with van der Waals surface area (Å²) in [6.07, 6.45) is 8.32. The highest BCUT2D eigenvalue weighted by Crippen LogP contribution is 2.43. The molecule has 0 spiro atoms. The van der Waals surface area contributed by atoms with Crippen LogP contribution in [-0.4, -0.2) is 45.2 Å². The highest BCUT2D eigenvalue weighted by molar-refractivity contribution is 5.67. The minimum absolute atomic E-state index is 0.221. The first-order valence-electron chi connectivity index (χ1n) is 9.28. The van der Waals surface area contributed by atoms with Gasteiger partial charge in [-0.3, -0.25) is 4.90 Å². The van der Waals surface area contributed by atoms with Crippen LogP contribution in [0.1, 0.15) is 71.6 Å². The second kappa shape index (κ2) is 6.60. The molecule has 132 valence electrons. The maximum atomic E-state index is 11.9. The van der Waals surface area contributed by atoms with E-state index in [9.17, 15) is 15.0 Å². The minimum atomic E-state index is -0.931. The highest BCUT2D eigenvalue weighted by atomic mass is 16.6. The molecule has 0 radical (unpaired) electrons. The quantitative estimate of drug-likeness (QED) is 0.828. The number of hydrogen-bond acceptors (Lipinski definition) is 3. The van der Waals surface area contributed by atoms with Crippen LogP contribution in [0.3, 0.4) is 0 Å². The van der Waals surface area contributed by atoms with Gasteiger partial charge in [-0.1, -0.05) is 38.5 Å². The Morgan fingerprint density at radius 3 is 2.35 bits per heavy atom. The Morgan fingerprint density at radius 2 is 1.83 bits per heavy atom. The first-order valence-corrected chi connectivity index (χ1v) is 9.28. The van der Waals surface area contributed by atoms with E-state index in [4.69, 9.17) is 4.74 Å². The van der Waals surface area contributed by atoms with Crippen LogP contribution in [0.2, 0.25) is 0 Å². The molecule has 3 atom stereocenters. The molecule has 3 rings (SSSR count). The van der Waals surface area contributed by atoms with Gasteiger partial charge in [0.05, 0.1) is 12.1 Å². The van der Waals surface area contributed by atoms with Crippen LogP contribution in [-0.2, 0) is 4.74 Å². The Balaban J connectivity index is 1.78. The first kappa shape index (κ1) is 17.0. The zero-order chi connectivity index (χ0) is 16.6. The topological polar surface area (TPSA) is 70.0 Å². The molecule has 5 heteroatoms. The monoisotopic (exact) mass is 325 g/mol. The smallest absolute Gasteiger partial charge is 0.409 e. The standard InChI is InChI=1S/C18H31NO4/c1-18(2)19(17(21)22)14(11-12-7-4-3-5-8-12)16(23-18)15(20)13-9-6-10-13/h12-16,20H,3-11H2,1-2H3,(H,21,22)/t14-,15?,16+/m0/s1. The lowest BCUT2D eigenvalue weighted by Gasteiger charge is -2.37. The van der Waals surface area contributed by atoms with E-state index in [0.29, 0.717) is 5.92 Å². The van der Waals surface area contributed by atoms with Crippen LogP contribution in [0.4, 0.5) is 4.79 Å². The Bertz CT molecular complexity index is 429. The molecule has 3 fully saturated rings. The van der Waals surface area contributed by atoms with Crippen molar-refractivity contribution in [2.24, 2.45) is 11.8 Å². The molecule has 1 amide bonds. The Labute approximate surface area is 139 Å². The van der Waals surface area contributed by atoms with E-state index in [1.807, 2.05) is 13.8 Å². The van der Waals surface area contributed by atoms with Gasteiger partial charge in [0.2, 0.25) is 0 Å². The van der Waals surface area contributed by atoms with E-state index in [2.05, 4.69) is 0 Å². The van der Waals surface area contributed by atoms with Crippen molar-refractivity contribution >= 4 is 6.09 Å². The molecule has 0 aromatic rings. The summed E-state index contributed by atoms with van der Waals surface area (Å²) in [4.78, 5) is 13.3. The maximum absolute atomic E-state index is 11.9. The van der Waals surface area contributed by atoms with Gasteiger partial charge in [0.25, 0.3) is 0 Å². The van der Waals surface area contributed by atoms with E-state index in [1.165, 1.54) is 37.0 Å². The number of nitrogens with zero attached hydrogens (tertiary/aromatic N) is 1. The van der Waals surface area contributed by atoms with Gasteiger partial charge in [-0.05, 0) is 44.9 Å². The molecule has 1 heterocycles. The van der Waals surface area contributed by atoms with Crippen molar-refractivity contribution in [2.45, 2.75) is 95.6 Å². The third-order valence-electron chi connectivity index (χ3n) is 6.19. The molecule has 0 aromatic carbocycles. The summed E-state index contributed by atoms with van der Waals surface area (Å²) in [7, 11) is 0. The number of carbonyl (C=O) groups is 1. The van der Waals surface area contributed by atoms with Gasteiger partial charge >= 0.3 is 6.09 Å². The van der Waals surface area contributed by atoms with E-state index in [0.717, 1.165) is 25.7 Å². The lowest BCUT2D eigenvalue weighted by atomic mass is 9.76. The molecule has 1 saturated heterocycles. The van der Waals surface area contributed by atoms with Crippen LogP contribution in [0.5, 0.6) is 0 Å². The number of amides is 1. The van der Waals surface area contributed by atoms with E-state index >= 15 is 0 Å². The number of hydrogen-bond donors (Lipinski definition) is 2. The number of ether oxygens (including phenoxy) is 1. The third kappa shape index (κ3) is 3.36. The van der Waals surface area contributed by atoms with Crippen LogP contribution >= 0.6 is 0 Å². The molecule has 0 bridgehead atoms. The fraction of sp³-hybridized carbons (Fsp3) is 0.944. The van der Waals surface area contributed by atoms with Crippen molar-refractivity contribution in [3.05, 3.63) is 0 Å². The van der Waals surface area contributed by atoms with E-state index in [-0.39, 0.29) is 18.1 Å². The van der Waals surface area contributed by atoms with Crippen LogP contribution < -0.4 is 0 Å². The number of carboxylic acid groups (broad SMARTS) is 1. The molecule has 2 saturated carbocycles. The average Bonchev–Trinajstić information content (AvgIpc) is 2.69. The van der Waals surface area contributed by atoms with Gasteiger partial charge in [-0.2, -0.15) is 0 Å². The van der Waals surface area contributed by atoms with Gasteiger partial charge in [-0.25, -0.2) is 4.79 Å². The third-order valence-corrected chi connectivity index (χ3v) is 6.19. The minimum Gasteiger partial charge on any atom is -0.465 e. The van der Waals surface area contributed by atoms with Gasteiger partial charge in [0, 0.05) is 0 Å². The summed E-state index contributed by atoms with van der Waals surface area (Å²) < 4.78 is 6.09. The number of rotatable bonds is 4. The second-order valence-corrected chi connectivity index (χ2v) is 8.17. The Kier molecular flexibility index (Phi) is 4.88. The molecular formula is C18H31NO4. The van der Waals surface area contributed by atoms with Gasteiger partial charge in [0.1, 0.15) is 11.8 Å². The summed E-state index contributed by atoms with van der Waals surface area (Å²) in [6.45, 7) is 3.62. The summed E-state index contributed by atoms with van der Waals surface area (Å²) in [5.41, 5.74) is -0.861. The van der Waals surface area contributed by atoms with Crippen molar-refractivity contribution in [3.63, 3.8) is 0 Å². The summed E-state index contributed by atoms with van der Waals surface area (Å²) in [5, 5.41) is 20.5. The molecule has 0 aromatic heterocycles. The fourth-order valence-corrected chi connectivity index (χ4v) is 4.74. The van der Waals surface area contributed by atoms with Crippen LogP contribution in [0, 0.1) is 11.8 Å². The maximum Gasteiger partial charge on any atom is 0.409 e. The summed E-state index contributed by atoms with van der Waals surface area (Å²) in [5.74, 6) is 0.836. The molecule has 23 heavy (non-hydrogen) atoms. The van der Waals surface area contributed by atoms with Gasteiger partial charge in [-0.15, -0.1) is 0 Å². The zero-order valence-electron chi connectivity index (χ0n) is 14.4. The van der Waals surface area contributed by atoms with Crippen molar-refractivity contribution in [1.82, 2.24) is 4.90 Å². The van der Waals surface area contributed by atoms with E-state index in [1.54, 1.807) is 0 Å². The molecular weight excluding hydrogens is 294 g/mol. The van der Waals surface area contributed by atoms with E-state index < -0.39 is 17.9 Å². The predicted octanol–water partition coefficient (Wildman–Crippen LogP) is 3.60. The number of aliphatic hydroxyl groups excluding tert-OH is 1. The molecule has 3 aliphatic rings. The SMILES string of the molecule is CC1(C)O[C@@H](C(O)C2CCC2)[C@H](CC2CCCCC2)N1C(=O)O. The normalized spacial score (nSPS) is 33.4. The molecule has 2 aliphatic carbocycles. The molecule has 1 unspecified atom stereocenters. The first-order chi connectivity index (χ1) is 10.9. The molecule has 2 N–H and O–H groups in total. The lowest BCUT2D eigenvalue weighted by molar-refractivity contribution is -0.117.